The van der Waals surface area contributed by atoms with Crippen molar-refractivity contribution in [2.24, 2.45) is 0 Å². The van der Waals surface area contributed by atoms with Crippen molar-refractivity contribution in [3.8, 4) is 0 Å². The van der Waals surface area contributed by atoms with Gasteiger partial charge in [-0.1, -0.05) is 0 Å². The monoisotopic (exact) mass is 461 g/mol. The maximum Gasteiger partial charge on any atom is 0.416 e. The Balaban J connectivity index is 1.53. The standard InChI is InChI=1S/C23H22F3N3O4/c1-14-9-18-16(11-22(30)33-21(18)10-15(14)2)13-27-5-7-28(8-6-27)19-4-3-17(23(24,25)26)12-20(19)29(31)32/h3-4,9-12H,5-8,13H2,1-2H3. The molecular formula is C23H22F3N3O4. The Labute approximate surface area is 187 Å². The van der Waals surface area contributed by atoms with Crippen molar-refractivity contribution in [2.75, 3.05) is 31.1 Å². The van der Waals surface area contributed by atoms with Gasteiger partial charge in [0.1, 0.15) is 11.3 Å². The molecule has 1 aromatic heterocycles. The molecule has 2 aromatic carbocycles. The van der Waals surface area contributed by atoms with E-state index < -0.39 is 28.0 Å². The topological polar surface area (TPSA) is 79.8 Å². The number of aryl methyl sites for hydroxylation is 2. The van der Waals surface area contributed by atoms with E-state index in [4.69, 9.17) is 4.42 Å². The second-order valence-corrected chi connectivity index (χ2v) is 8.24. The summed E-state index contributed by atoms with van der Waals surface area (Å²) in [6.45, 7) is 6.30. The molecule has 7 nitrogen and oxygen atoms in total. The number of alkyl halides is 3. The summed E-state index contributed by atoms with van der Waals surface area (Å²) in [5.41, 5.74) is 1.60. The van der Waals surface area contributed by atoms with Crippen LogP contribution < -0.4 is 10.5 Å². The number of fused-ring (bicyclic) bond motifs is 1. The molecule has 0 atom stereocenters. The molecule has 0 unspecified atom stereocenters. The maximum absolute atomic E-state index is 13.0. The molecule has 0 amide bonds. The third kappa shape index (κ3) is 4.70. The fourth-order valence-electron chi connectivity index (χ4n) is 4.11. The van der Waals surface area contributed by atoms with E-state index in [-0.39, 0.29) is 5.69 Å². The average Bonchev–Trinajstić information content (AvgIpc) is 2.74. The molecule has 33 heavy (non-hydrogen) atoms. The Morgan fingerprint density at radius 1 is 1.03 bits per heavy atom. The van der Waals surface area contributed by atoms with E-state index in [2.05, 4.69) is 4.90 Å². The van der Waals surface area contributed by atoms with Crippen LogP contribution in [0.5, 0.6) is 0 Å². The first-order valence-electron chi connectivity index (χ1n) is 10.4. The molecule has 2 heterocycles. The molecular weight excluding hydrogens is 439 g/mol. The van der Waals surface area contributed by atoms with Crippen molar-refractivity contribution >= 4 is 22.3 Å². The number of anilines is 1. The highest BCUT2D eigenvalue weighted by molar-refractivity contribution is 5.81. The number of piperazine rings is 1. The summed E-state index contributed by atoms with van der Waals surface area (Å²) in [6, 6.07) is 7.93. The second-order valence-electron chi connectivity index (χ2n) is 8.24. The summed E-state index contributed by atoms with van der Waals surface area (Å²) in [6.07, 6.45) is -4.65. The van der Waals surface area contributed by atoms with Crippen LogP contribution in [0.25, 0.3) is 11.0 Å². The molecule has 0 bridgehead atoms. The average molecular weight is 461 g/mol. The van der Waals surface area contributed by atoms with E-state index in [1.54, 1.807) is 4.90 Å². The summed E-state index contributed by atoms with van der Waals surface area (Å²) in [7, 11) is 0. The third-order valence-electron chi connectivity index (χ3n) is 6.05. The maximum atomic E-state index is 13.0. The lowest BCUT2D eigenvalue weighted by Crippen LogP contribution is -2.46. The van der Waals surface area contributed by atoms with Gasteiger partial charge in [0.15, 0.2) is 0 Å². The first kappa shape index (κ1) is 22.8. The lowest BCUT2D eigenvalue weighted by molar-refractivity contribution is -0.384. The number of hydrogen-bond acceptors (Lipinski definition) is 6. The smallest absolute Gasteiger partial charge is 0.416 e. The normalized spacial score (nSPS) is 15.2. The van der Waals surface area contributed by atoms with Gasteiger partial charge in [-0.2, -0.15) is 13.2 Å². The van der Waals surface area contributed by atoms with Gasteiger partial charge >= 0.3 is 11.8 Å². The van der Waals surface area contributed by atoms with E-state index in [0.29, 0.717) is 44.4 Å². The van der Waals surface area contributed by atoms with E-state index >= 15 is 0 Å². The Hall–Kier alpha value is -3.40. The van der Waals surface area contributed by atoms with Crippen molar-refractivity contribution in [2.45, 2.75) is 26.6 Å². The number of nitro benzene ring substituents is 1. The van der Waals surface area contributed by atoms with Gasteiger partial charge in [-0.3, -0.25) is 15.0 Å². The summed E-state index contributed by atoms with van der Waals surface area (Å²) in [5, 5.41) is 12.3. The third-order valence-corrected chi connectivity index (χ3v) is 6.05. The molecule has 1 aliphatic heterocycles. The van der Waals surface area contributed by atoms with E-state index in [1.165, 1.54) is 6.07 Å². The Kier molecular flexibility index (Phi) is 5.87. The van der Waals surface area contributed by atoms with Crippen molar-refractivity contribution in [1.82, 2.24) is 4.90 Å². The summed E-state index contributed by atoms with van der Waals surface area (Å²) >= 11 is 0. The summed E-state index contributed by atoms with van der Waals surface area (Å²) < 4.78 is 44.3. The summed E-state index contributed by atoms with van der Waals surface area (Å²) in [4.78, 5) is 26.5. The lowest BCUT2D eigenvalue weighted by Gasteiger charge is -2.36. The van der Waals surface area contributed by atoms with Gasteiger partial charge < -0.3 is 9.32 Å². The van der Waals surface area contributed by atoms with Crippen LogP contribution in [0.3, 0.4) is 0 Å². The van der Waals surface area contributed by atoms with Gasteiger partial charge in [-0.05, 0) is 54.8 Å². The number of rotatable bonds is 4. The van der Waals surface area contributed by atoms with Gasteiger partial charge in [-0.25, -0.2) is 4.79 Å². The molecule has 4 rings (SSSR count). The molecule has 1 saturated heterocycles. The fourth-order valence-corrected chi connectivity index (χ4v) is 4.11. The highest BCUT2D eigenvalue weighted by Crippen LogP contribution is 2.37. The highest BCUT2D eigenvalue weighted by atomic mass is 19.4. The van der Waals surface area contributed by atoms with Crippen molar-refractivity contribution in [3.05, 3.63) is 79.2 Å². The largest absolute Gasteiger partial charge is 0.423 e. The number of benzene rings is 2. The molecule has 0 spiro atoms. The van der Waals surface area contributed by atoms with Gasteiger partial charge in [0.05, 0.1) is 10.5 Å². The van der Waals surface area contributed by atoms with Crippen LogP contribution in [0.15, 0.2) is 45.6 Å². The highest BCUT2D eigenvalue weighted by Gasteiger charge is 2.34. The minimum Gasteiger partial charge on any atom is -0.423 e. The minimum absolute atomic E-state index is 0.171. The molecule has 174 valence electrons. The fraction of sp³-hybridized carbons (Fsp3) is 0.348. The lowest BCUT2D eigenvalue weighted by atomic mass is 10.0. The van der Waals surface area contributed by atoms with Crippen LogP contribution in [0, 0.1) is 24.0 Å². The molecule has 1 aliphatic rings. The first-order chi connectivity index (χ1) is 15.5. The van der Waals surface area contributed by atoms with E-state index in [0.717, 1.165) is 34.2 Å². The van der Waals surface area contributed by atoms with Gasteiger partial charge in [-0.15, -0.1) is 0 Å². The molecule has 0 saturated carbocycles. The van der Waals surface area contributed by atoms with Crippen LogP contribution in [0.2, 0.25) is 0 Å². The zero-order valence-corrected chi connectivity index (χ0v) is 18.1. The van der Waals surface area contributed by atoms with Gasteiger partial charge in [0.25, 0.3) is 5.69 Å². The summed E-state index contributed by atoms with van der Waals surface area (Å²) in [5.74, 6) is 0. The van der Waals surface area contributed by atoms with Gasteiger partial charge in [0, 0.05) is 50.2 Å². The molecule has 10 heteroatoms. The zero-order valence-electron chi connectivity index (χ0n) is 18.1. The number of hydrogen-bond donors (Lipinski definition) is 0. The molecule has 0 aliphatic carbocycles. The van der Waals surface area contributed by atoms with Crippen LogP contribution in [-0.2, 0) is 12.7 Å². The van der Waals surface area contributed by atoms with Crippen LogP contribution in [0.4, 0.5) is 24.5 Å². The SMILES string of the molecule is Cc1cc2oc(=O)cc(CN3CCN(c4ccc(C(F)(F)F)cc4[N+](=O)[O-])CC3)c2cc1C. The molecule has 0 N–H and O–H groups in total. The van der Waals surface area contributed by atoms with Gasteiger partial charge in [0.2, 0.25) is 0 Å². The Morgan fingerprint density at radius 2 is 1.70 bits per heavy atom. The quantitative estimate of drug-likeness (QED) is 0.320. The number of nitro groups is 1. The second kappa shape index (κ2) is 8.51. The van der Waals surface area contributed by atoms with Crippen LogP contribution >= 0.6 is 0 Å². The minimum atomic E-state index is -4.65. The molecule has 0 radical (unpaired) electrons. The first-order valence-corrected chi connectivity index (χ1v) is 10.4. The van der Waals surface area contributed by atoms with Crippen molar-refractivity contribution < 1.29 is 22.5 Å². The Morgan fingerprint density at radius 3 is 2.33 bits per heavy atom. The number of nitrogens with zero attached hydrogens (tertiary/aromatic N) is 3. The predicted octanol–water partition coefficient (Wildman–Crippen LogP) is 4.66. The zero-order chi connectivity index (χ0) is 23.9. The Bertz CT molecular complexity index is 1280. The van der Waals surface area contributed by atoms with E-state index in [9.17, 15) is 28.1 Å². The molecule has 1 fully saturated rings. The predicted molar refractivity (Wildman–Crippen MR) is 118 cm³/mol. The number of halogens is 3. The molecule has 3 aromatic rings. The van der Waals surface area contributed by atoms with Crippen LogP contribution in [-0.4, -0.2) is 36.0 Å². The van der Waals surface area contributed by atoms with Crippen molar-refractivity contribution in [3.63, 3.8) is 0 Å². The van der Waals surface area contributed by atoms with Crippen molar-refractivity contribution in [1.29, 1.82) is 0 Å². The van der Waals surface area contributed by atoms with Crippen LogP contribution in [0.1, 0.15) is 22.3 Å². The van der Waals surface area contributed by atoms with E-state index in [1.807, 2.05) is 26.0 Å².